The van der Waals surface area contributed by atoms with Crippen molar-refractivity contribution in [2.45, 2.75) is 50.1 Å². The van der Waals surface area contributed by atoms with Crippen molar-refractivity contribution in [1.29, 1.82) is 0 Å². The normalized spacial score (nSPS) is 26.2. The number of halogens is 1. The fourth-order valence-corrected chi connectivity index (χ4v) is 4.61. The van der Waals surface area contributed by atoms with Gasteiger partial charge in [0.05, 0.1) is 4.90 Å². The first-order chi connectivity index (χ1) is 8.43. The van der Waals surface area contributed by atoms with Crippen molar-refractivity contribution in [1.82, 2.24) is 4.31 Å². The van der Waals surface area contributed by atoms with E-state index in [4.69, 9.17) is 11.6 Å². The predicted molar refractivity (Wildman–Crippen MR) is 73.3 cm³/mol. The molecular formula is C13H18ClNO2S. The van der Waals surface area contributed by atoms with Crippen LogP contribution in [-0.4, -0.2) is 24.8 Å². The number of hydrogen-bond acceptors (Lipinski definition) is 2. The summed E-state index contributed by atoms with van der Waals surface area (Å²) in [6.45, 7) is 3.95. The SMILES string of the molecule is C[C@H]1CCC[C@H](C)N1S(=O)(=O)c1ccc(Cl)cc1. The molecule has 2 atom stereocenters. The van der Waals surface area contributed by atoms with Gasteiger partial charge in [-0.3, -0.25) is 0 Å². The molecule has 0 radical (unpaired) electrons. The maximum absolute atomic E-state index is 12.6. The molecule has 0 bridgehead atoms. The van der Waals surface area contributed by atoms with Crippen LogP contribution < -0.4 is 0 Å². The van der Waals surface area contributed by atoms with Gasteiger partial charge >= 0.3 is 0 Å². The molecule has 2 rings (SSSR count). The molecule has 1 aliphatic rings. The van der Waals surface area contributed by atoms with Gasteiger partial charge in [-0.1, -0.05) is 18.0 Å². The predicted octanol–water partition coefficient (Wildman–Crippen LogP) is 3.29. The molecule has 0 unspecified atom stereocenters. The first-order valence-corrected chi connectivity index (χ1v) is 8.04. The fourth-order valence-electron chi connectivity index (χ4n) is 2.60. The largest absolute Gasteiger partial charge is 0.243 e. The quantitative estimate of drug-likeness (QED) is 0.837. The second-order valence-electron chi connectivity index (χ2n) is 4.92. The zero-order chi connectivity index (χ0) is 13.3. The second kappa shape index (κ2) is 5.19. The molecule has 0 N–H and O–H groups in total. The number of nitrogens with zero attached hydrogens (tertiary/aromatic N) is 1. The average molecular weight is 288 g/mol. The van der Waals surface area contributed by atoms with Gasteiger partial charge in [-0.15, -0.1) is 0 Å². The number of hydrogen-bond donors (Lipinski definition) is 0. The van der Waals surface area contributed by atoms with Gasteiger partial charge in [-0.25, -0.2) is 8.42 Å². The van der Waals surface area contributed by atoms with E-state index in [1.54, 1.807) is 28.6 Å². The molecule has 5 heteroatoms. The number of sulfonamides is 1. The summed E-state index contributed by atoms with van der Waals surface area (Å²) in [6, 6.07) is 6.52. The van der Waals surface area contributed by atoms with E-state index in [9.17, 15) is 8.42 Å². The highest BCUT2D eigenvalue weighted by Crippen LogP contribution is 2.29. The highest BCUT2D eigenvalue weighted by Gasteiger charge is 2.35. The van der Waals surface area contributed by atoms with Crippen molar-refractivity contribution < 1.29 is 8.42 Å². The Balaban J connectivity index is 2.38. The summed E-state index contributed by atoms with van der Waals surface area (Å²) in [6.07, 6.45) is 2.95. The minimum Gasteiger partial charge on any atom is -0.207 e. The average Bonchev–Trinajstić information content (AvgIpc) is 2.29. The van der Waals surface area contributed by atoms with Gasteiger partial charge in [-0.05, 0) is 51.0 Å². The van der Waals surface area contributed by atoms with Crippen molar-refractivity contribution in [2.24, 2.45) is 0 Å². The van der Waals surface area contributed by atoms with Crippen molar-refractivity contribution in [3.8, 4) is 0 Å². The third kappa shape index (κ3) is 2.56. The molecule has 0 saturated carbocycles. The van der Waals surface area contributed by atoms with E-state index in [-0.39, 0.29) is 12.1 Å². The molecular weight excluding hydrogens is 270 g/mol. The number of piperidine rings is 1. The molecule has 1 aromatic carbocycles. The fraction of sp³-hybridized carbons (Fsp3) is 0.538. The molecule has 1 saturated heterocycles. The summed E-state index contributed by atoms with van der Waals surface area (Å²) in [4.78, 5) is 0.326. The molecule has 0 amide bonds. The lowest BCUT2D eigenvalue weighted by atomic mass is 10.0. The van der Waals surface area contributed by atoms with Gasteiger partial charge in [0.2, 0.25) is 10.0 Å². The first kappa shape index (κ1) is 13.8. The zero-order valence-electron chi connectivity index (χ0n) is 10.6. The Hall–Kier alpha value is -0.580. The van der Waals surface area contributed by atoms with Crippen LogP contribution in [0.4, 0.5) is 0 Å². The van der Waals surface area contributed by atoms with Crippen LogP contribution in [0.1, 0.15) is 33.1 Å². The minimum atomic E-state index is -3.40. The van der Waals surface area contributed by atoms with Gasteiger partial charge < -0.3 is 0 Å². The topological polar surface area (TPSA) is 37.4 Å². The van der Waals surface area contributed by atoms with Gasteiger partial charge in [0, 0.05) is 17.1 Å². The van der Waals surface area contributed by atoms with Crippen LogP contribution in [-0.2, 0) is 10.0 Å². The van der Waals surface area contributed by atoms with Crippen molar-refractivity contribution in [2.75, 3.05) is 0 Å². The Bertz CT molecular complexity index is 502. The lowest BCUT2D eigenvalue weighted by molar-refractivity contribution is 0.204. The van der Waals surface area contributed by atoms with E-state index < -0.39 is 10.0 Å². The molecule has 1 fully saturated rings. The Morgan fingerprint density at radius 1 is 1.11 bits per heavy atom. The lowest BCUT2D eigenvalue weighted by Crippen LogP contribution is -2.47. The van der Waals surface area contributed by atoms with Crippen LogP contribution in [0.15, 0.2) is 29.2 Å². The van der Waals surface area contributed by atoms with Crippen molar-refractivity contribution in [3.05, 3.63) is 29.3 Å². The number of rotatable bonds is 2. The monoisotopic (exact) mass is 287 g/mol. The molecule has 1 aromatic rings. The molecule has 1 aliphatic heterocycles. The standard InChI is InChI=1S/C13H18ClNO2S/c1-10-4-3-5-11(2)15(10)18(16,17)13-8-6-12(14)7-9-13/h6-11H,3-5H2,1-2H3/t10-,11-/m0/s1. The van der Waals surface area contributed by atoms with E-state index in [1.807, 2.05) is 13.8 Å². The Morgan fingerprint density at radius 2 is 1.61 bits per heavy atom. The van der Waals surface area contributed by atoms with E-state index in [0.29, 0.717) is 9.92 Å². The highest BCUT2D eigenvalue weighted by atomic mass is 35.5. The van der Waals surface area contributed by atoms with Gasteiger partial charge in [-0.2, -0.15) is 4.31 Å². The van der Waals surface area contributed by atoms with Crippen LogP contribution >= 0.6 is 11.6 Å². The van der Waals surface area contributed by atoms with E-state index in [1.165, 1.54) is 0 Å². The second-order valence-corrected chi connectivity index (χ2v) is 7.20. The van der Waals surface area contributed by atoms with Crippen LogP contribution in [0.2, 0.25) is 5.02 Å². The van der Waals surface area contributed by atoms with E-state index in [2.05, 4.69) is 0 Å². The lowest BCUT2D eigenvalue weighted by Gasteiger charge is -2.37. The highest BCUT2D eigenvalue weighted by molar-refractivity contribution is 7.89. The molecule has 0 spiro atoms. The third-order valence-electron chi connectivity index (χ3n) is 3.50. The summed E-state index contributed by atoms with van der Waals surface area (Å²) in [5.41, 5.74) is 0. The maximum atomic E-state index is 12.6. The van der Waals surface area contributed by atoms with Crippen LogP contribution in [0.3, 0.4) is 0 Å². The van der Waals surface area contributed by atoms with Crippen molar-refractivity contribution in [3.63, 3.8) is 0 Å². The summed E-state index contributed by atoms with van der Waals surface area (Å²) in [7, 11) is -3.40. The molecule has 100 valence electrons. The summed E-state index contributed by atoms with van der Waals surface area (Å²) >= 11 is 5.80. The molecule has 18 heavy (non-hydrogen) atoms. The van der Waals surface area contributed by atoms with Crippen molar-refractivity contribution >= 4 is 21.6 Å². The van der Waals surface area contributed by atoms with E-state index >= 15 is 0 Å². The summed E-state index contributed by atoms with van der Waals surface area (Å²) < 4.78 is 26.8. The third-order valence-corrected chi connectivity index (χ3v) is 5.90. The molecule has 1 heterocycles. The molecule has 0 aromatic heterocycles. The molecule has 3 nitrogen and oxygen atoms in total. The maximum Gasteiger partial charge on any atom is 0.243 e. The number of benzene rings is 1. The van der Waals surface area contributed by atoms with E-state index in [0.717, 1.165) is 19.3 Å². The van der Waals surface area contributed by atoms with Gasteiger partial charge in [0.1, 0.15) is 0 Å². The smallest absolute Gasteiger partial charge is 0.207 e. The first-order valence-electron chi connectivity index (χ1n) is 6.22. The zero-order valence-corrected chi connectivity index (χ0v) is 12.2. The molecule has 0 aliphatic carbocycles. The van der Waals surface area contributed by atoms with Gasteiger partial charge in [0.25, 0.3) is 0 Å². The summed E-state index contributed by atoms with van der Waals surface area (Å²) in [5.74, 6) is 0. The Morgan fingerprint density at radius 3 is 2.11 bits per heavy atom. The minimum absolute atomic E-state index is 0.0643. The summed E-state index contributed by atoms with van der Waals surface area (Å²) in [5, 5.41) is 0.550. The Kier molecular flexibility index (Phi) is 3.99. The Labute approximate surface area is 114 Å². The van der Waals surface area contributed by atoms with Gasteiger partial charge in [0.15, 0.2) is 0 Å². The van der Waals surface area contributed by atoms with Crippen LogP contribution in [0, 0.1) is 0 Å². The van der Waals surface area contributed by atoms with Crippen LogP contribution in [0.25, 0.3) is 0 Å². The van der Waals surface area contributed by atoms with Crippen LogP contribution in [0.5, 0.6) is 0 Å².